The van der Waals surface area contributed by atoms with E-state index in [9.17, 15) is 13.2 Å². The van der Waals surface area contributed by atoms with Crippen molar-refractivity contribution in [1.82, 2.24) is 9.62 Å². The molecule has 1 N–H and O–H groups in total. The molecule has 1 atom stereocenters. The van der Waals surface area contributed by atoms with Crippen LogP contribution in [0, 0.1) is 0 Å². The molecule has 5 nitrogen and oxygen atoms in total. The summed E-state index contributed by atoms with van der Waals surface area (Å²) in [7, 11) is -3.24. The van der Waals surface area contributed by atoms with Gasteiger partial charge in [0.15, 0.2) is 0 Å². The van der Waals surface area contributed by atoms with E-state index in [1.54, 1.807) is 11.2 Å². The van der Waals surface area contributed by atoms with Gasteiger partial charge < -0.3 is 5.32 Å². The van der Waals surface area contributed by atoms with Crippen molar-refractivity contribution < 1.29 is 13.2 Å². The van der Waals surface area contributed by atoms with Gasteiger partial charge in [-0.2, -0.15) is 0 Å². The average Bonchev–Trinajstić information content (AvgIpc) is 2.83. The minimum absolute atomic E-state index is 0.0234. The predicted molar refractivity (Wildman–Crippen MR) is 124 cm³/mol. The summed E-state index contributed by atoms with van der Waals surface area (Å²) in [6, 6.07) is 18.4. The van der Waals surface area contributed by atoms with Crippen LogP contribution in [0.2, 0.25) is 0 Å². The molecule has 2 aromatic carbocycles. The van der Waals surface area contributed by atoms with Crippen molar-refractivity contribution in [3.63, 3.8) is 0 Å². The van der Waals surface area contributed by atoms with E-state index < -0.39 is 15.4 Å². The highest BCUT2D eigenvalue weighted by atomic mass is 32.2. The van der Waals surface area contributed by atoms with E-state index in [0.29, 0.717) is 38.4 Å². The minimum Gasteiger partial charge on any atom is -0.355 e. The molecule has 1 aliphatic heterocycles. The molecule has 2 aromatic rings. The molecule has 1 saturated heterocycles. The third-order valence-electron chi connectivity index (χ3n) is 7.10. The van der Waals surface area contributed by atoms with E-state index in [-0.39, 0.29) is 11.7 Å². The lowest BCUT2D eigenvalue weighted by Crippen LogP contribution is -2.53. The Hall–Kier alpha value is -2.18. The number of piperidine rings is 1. The van der Waals surface area contributed by atoms with Crippen molar-refractivity contribution in [3.05, 3.63) is 71.3 Å². The lowest BCUT2D eigenvalue weighted by atomic mass is 9.72. The maximum Gasteiger partial charge on any atom is 0.230 e. The van der Waals surface area contributed by atoms with Crippen LogP contribution in [0.15, 0.2) is 54.6 Å². The molecule has 1 heterocycles. The van der Waals surface area contributed by atoms with Crippen molar-refractivity contribution in [1.29, 1.82) is 0 Å². The second-order valence-corrected chi connectivity index (χ2v) is 11.0. The zero-order valence-electron chi connectivity index (χ0n) is 18.2. The first-order chi connectivity index (χ1) is 15.0. The van der Waals surface area contributed by atoms with Crippen molar-refractivity contribution in [2.75, 3.05) is 25.4 Å². The number of hydrogen-bond acceptors (Lipinski definition) is 3. The van der Waals surface area contributed by atoms with E-state index >= 15 is 0 Å². The molecular weight excluding hydrogens is 408 g/mol. The van der Waals surface area contributed by atoms with Gasteiger partial charge in [0.1, 0.15) is 0 Å². The summed E-state index contributed by atoms with van der Waals surface area (Å²) in [6.45, 7) is 3.06. The zero-order chi connectivity index (χ0) is 21.9. The van der Waals surface area contributed by atoms with Crippen LogP contribution in [0.5, 0.6) is 0 Å². The number of aryl methyl sites for hydroxylation is 1. The van der Waals surface area contributed by atoms with Crippen LogP contribution in [0.25, 0.3) is 0 Å². The first-order valence-corrected chi connectivity index (χ1v) is 13.0. The number of fused-ring (bicyclic) bond motifs is 1. The summed E-state index contributed by atoms with van der Waals surface area (Å²) in [5.41, 5.74) is 3.04. The van der Waals surface area contributed by atoms with Crippen LogP contribution in [0.1, 0.15) is 55.2 Å². The fourth-order valence-corrected chi connectivity index (χ4v) is 6.29. The Morgan fingerprint density at radius 3 is 2.45 bits per heavy atom. The van der Waals surface area contributed by atoms with Gasteiger partial charge in [-0.1, -0.05) is 54.6 Å². The second-order valence-electron chi connectivity index (χ2n) is 8.75. The number of nitrogens with one attached hydrogen (secondary N) is 1. The van der Waals surface area contributed by atoms with E-state index in [1.807, 2.05) is 30.3 Å². The standard InChI is InChI=1S/C25H32N2O3S/c1-2-31(29,30)27-17-15-25(16-18-27,22-12-4-3-5-13-22)24(28)26-19-21-11-8-10-20-9-6-7-14-23(20)21/h3-7,9,12-14,21H,2,8,10-11,15-19H2,1H3,(H,26,28). The Morgan fingerprint density at radius 1 is 1.06 bits per heavy atom. The summed E-state index contributed by atoms with van der Waals surface area (Å²) in [5, 5.41) is 3.26. The molecule has 166 valence electrons. The summed E-state index contributed by atoms with van der Waals surface area (Å²) in [5.74, 6) is 0.455. The Balaban J connectivity index is 1.53. The number of hydrogen-bond donors (Lipinski definition) is 1. The number of nitrogens with zero attached hydrogens (tertiary/aromatic N) is 1. The van der Waals surface area contributed by atoms with Gasteiger partial charge in [-0.3, -0.25) is 4.79 Å². The summed E-state index contributed by atoms with van der Waals surface area (Å²) in [4.78, 5) is 13.6. The highest BCUT2D eigenvalue weighted by Gasteiger charge is 2.44. The highest BCUT2D eigenvalue weighted by molar-refractivity contribution is 7.89. The summed E-state index contributed by atoms with van der Waals surface area (Å²) < 4.78 is 26.2. The molecule has 1 fully saturated rings. The molecule has 0 bridgehead atoms. The van der Waals surface area contributed by atoms with Gasteiger partial charge in [0.2, 0.25) is 15.9 Å². The van der Waals surface area contributed by atoms with Gasteiger partial charge in [-0.15, -0.1) is 0 Å². The topological polar surface area (TPSA) is 66.5 Å². The minimum atomic E-state index is -3.24. The Bertz CT molecular complexity index is 1010. The van der Waals surface area contributed by atoms with Gasteiger partial charge in [-0.05, 0) is 55.7 Å². The van der Waals surface area contributed by atoms with Crippen LogP contribution < -0.4 is 5.32 Å². The largest absolute Gasteiger partial charge is 0.355 e. The maximum atomic E-state index is 13.6. The van der Waals surface area contributed by atoms with Crippen LogP contribution in [-0.4, -0.2) is 44.0 Å². The zero-order valence-corrected chi connectivity index (χ0v) is 19.0. The summed E-state index contributed by atoms with van der Waals surface area (Å²) >= 11 is 0. The number of carbonyl (C=O) groups is 1. The van der Waals surface area contributed by atoms with E-state index in [4.69, 9.17) is 0 Å². The monoisotopic (exact) mass is 440 g/mol. The second kappa shape index (κ2) is 9.13. The van der Waals surface area contributed by atoms with Crippen molar-refractivity contribution >= 4 is 15.9 Å². The number of rotatable bonds is 6. The molecular formula is C25H32N2O3S. The quantitative estimate of drug-likeness (QED) is 0.746. The van der Waals surface area contributed by atoms with E-state index in [0.717, 1.165) is 24.8 Å². The van der Waals surface area contributed by atoms with Crippen molar-refractivity contribution in [3.8, 4) is 0 Å². The molecule has 1 aliphatic carbocycles. The molecule has 31 heavy (non-hydrogen) atoms. The smallest absolute Gasteiger partial charge is 0.230 e. The Labute approximate surface area is 185 Å². The van der Waals surface area contributed by atoms with Crippen LogP contribution in [0.3, 0.4) is 0 Å². The molecule has 1 amide bonds. The molecule has 2 aliphatic rings. The SMILES string of the molecule is CCS(=O)(=O)N1CCC(C(=O)NCC2CCCc3ccccc32)(c2ccccc2)CC1. The van der Waals surface area contributed by atoms with Gasteiger partial charge in [-0.25, -0.2) is 12.7 Å². The van der Waals surface area contributed by atoms with E-state index in [1.165, 1.54) is 11.1 Å². The lowest BCUT2D eigenvalue weighted by molar-refractivity contribution is -0.128. The van der Waals surface area contributed by atoms with Crippen LogP contribution >= 0.6 is 0 Å². The van der Waals surface area contributed by atoms with Gasteiger partial charge in [0, 0.05) is 25.6 Å². The van der Waals surface area contributed by atoms with Crippen molar-refractivity contribution in [2.24, 2.45) is 0 Å². The normalized spacial score (nSPS) is 21.3. The highest BCUT2D eigenvalue weighted by Crippen LogP contribution is 2.37. The number of carbonyl (C=O) groups excluding carboxylic acids is 1. The number of amides is 1. The number of benzene rings is 2. The van der Waals surface area contributed by atoms with Gasteiger partial charge >= 0.3 is 0 Å². The molecule has 0 aromatic heterocycles. The third kappa shape index (κ3) is 4.41. The fourth-order valence-electron chi connectivity index (χ4n) is 5.18. The molecule has 0 saturated carbocycles. The molecule has 1 unspecified atom stereocenters. The average molecular weight is 441 g/mol. The predicted octanol–water partition coefficient (Wildman–Crippen LogP) is 3.61. The first-order valence-electron chi connectivity index (χ1n) is 11.4. The van der Waals surface area contributed by atoms with Gasteiger partial charge in [0.25, 0.3) is 0 Å². The third-order valence-corrected chi connectivity index (χ3v) is 8.98. The maximum absolute atomic E-state index is 13.6. The summed E-state index contributed by atoms with van der Waals surface area (Å²) in [6.07, 6.45) is 4.34. The number of sulfonamides is 1. The lowest BCUT2D eigenvalue weighted by Gasteiger charge is -2.40. The van der Waals surface area contributed by atoms with E-state index in [2.05, 4.69) is 29.6 Å². The molecule has 0 radical (unpaired) electrons. The Morgan fingerprint density at radius 2 is 1.74 bits per heavy atom. The Kier molecular flexibility index (Phi) is 6.49. The van der Waals surface area contributed by atoms with Crippen LogP contribution in [-0.2, 0) is 26.7 Å². The molecule has 4 rings (SSSR count). The van der Waals surface area contributed by atoms with Crippen LogP contribution in [0.4, 0.5) is 0 Å². The first kappa shape index (κ1) is 22.0. The van der Waals surface area contributed by atoms with Gasteiger partial charge in [0.05, 0.1) is 11.2 Å². The molecule has 6 heteroatoms. The molecule has 0 spiro atoms. The fraction of sp³-hybridized carbons (Fsp3) is 0.480. The van der Waals surface area contributed by atoms with Crippen molar-refractivity contribution in [2.45, 2.75) is 50.4 Å².